The Morgan fingerprint density at radius 1 is 0.655 bits per heavy atom. The van der Waals surface area contributed by atoms with Gasteiger partial charge in [0.15, 0.2) is 0 Å². The second-order valence-electron chi connectivity index (χ2n) is 4.81. The Hall–Kier alpha value is -2.98. The van der Waals surface area contributed by atoms with Crippen LogP contribution in [0.1, 0.15) is 0 Å². The SMILES string of the molecule is O=[N+]([O-])C(CF)(OCC(COC(CF)([N+](=O)[O-])[N+](=O)[O-])(N(F)F)N(F)F)[N+](=O)[O-]. The van der Waals surface area contributed by atoms with Gasteiger partial charge < -0.3 is 0 Å². The van der Waals surface area contributed by atoms with E-state index in [4.69, 9.17) is 0 Å². The van der Waals surface area contributed by atoms with Gasteiger partial charge in [-0.2, -0.15) is 0 Å². The van der Waals surface area contributed by atoms with Crippen LogP contribution in [-0.4, -0.2) is 74.3 Å². The summed E-state index contributed by atoms with van der Waals surface area (Å²) < 4.78 is 85.1. The highest BCUT2D eigenvalue weighted by Crippen LogP contribution is 2.30. The summed E-state index contributed by atoms with van der Waals surface area (Å²) in [6, 6.07) is 0. The molecule has 0 aliphatic rings. The van der Waals surface area contributed by atoms with Crippen molar-refractivity contribution in [2.24, 2.45) is 0 Å². The molecule has 168 valence electrons. The predicted molar refractivity (Wildman–Crippen MR) is 68.1 cm³/mol. The summed E-state index contributed by atoms with van der Waals surface area (Å²) in [5.74, 6) is -8.72. The van der Waals surface area contributed by atoms with E-state index < -0.39 is 74.3 Å². The molecule has 0 radical (unpaired) electrons. The van der Waals surface area contributed by atoms with Crippen LogP contribution in [0.2, 0.25) is 0 Å². The van der Waals surface area contributed by atoms with E-state index >= 15 is 0 Å². The van der Waals surface area contributed by atoms with Crippen LogP contribution in [0.5, 0.6) is 0 Å². The smallest absolute Gasteiger partial charge is 0.256 e. The van der Waals surface area contributed by atoms with Crippen LogP contribution in [0.25, 0.3) is 0 Å². The first kappa shape index (κ1) is 26.0. The molecule has 0 amide bonds. The largest absolute Gasteiger partial charge is 0.607 e. The van der Waals surface area contributed by atoms with Gasteiger partial charge in [-0.15, -0.1) is 0 Å². The average Bonchev–Trinajstić information content (AvgIpc) is 2.59. The van der Waals surface area contributed by atoms with Crippen LogP contribution in [0.3, 0.4) is 0 Å². The van der Waals surface area contributed by atoms with Gasteiger partial charge in [0.05, 0.1) is 10.7 Å². The number of alkyl halides is 2. The molecule has 0 saturated carbocycles. The van der Waals surface area contributed by atoms with Gasteiger partial charge in [-0.1, -0.05) is 17.9 Å². The van der Waals surface area contributed by atoms with E-state index in [2.05, 4.69) is 9.47 Å². The van der Waals surface area contributed by atoms with Crippen LogP contribution in [0.4, 0.5) is 26.7 Å². The summed E-state index contributed by atoms with van der Waals surface area (Å²) in [5.41, 5.74) is -4.54. The lowest BCUT2D eigenvalue weighted by Crippen LogP contribution is -2.63. The maximum Gasteiger partial charge on any atom is 0.607 e. The molecule has 0 aliphatic carbocycles. The molecule has 0 aromatic heterocycles. The van der Waals surface area contributed by atoms with E-state index in [1.807, 2.05) is 0 Å². The van der Waals surface area contributed by atoms with E-state index in [1.54, 1.807) is 0 Å². The molecule has 0 aromatic rings. The van der Waals surface area contributed by atoms with Gasteiger partial charge in [0.25, 0.3) is 13.3 Å². The number of nitrogens with zero attached hydrogens (tertiary/aromatic N) is 6. The van der Waals surface area contributed by atoms with Crippen molar-refractivity contribution in [3.05, 3.63) is 40.5 Å². The Kier molecular flexibility index (Phi) is 8.51. The van der Waals surface area contributed by atoms with Crippen molar-refractivity contribution in [3.8, 4) is 0 Å². The number of rotatable bonds is 14. The van der Waals surface area contributed by atoms with Crippen molar-refractivity contribution in [2.45, 2.75) is 17.4 Å². The zero-order valence-electron chi connectivity index (χ0n) is 13.4. The minimum Gasteiger partial charge on any atom is -0.256 e. The molecule has 0 aliphatic heterocycles. The summed E-state index contributed by atoms with van der Waals surface area (Å²) in [7, 11) is 0. The number of hydrogen-bond acceptors (Lipinski definition) is 12. The fraction of sp³-hybridized carbons (Fsp3) is 1.00. The third-order valence-corrected chi connectivity index (χ3v) is 3.19. The van der Waals surface area contributed by atoms with Crippen molar-refractivity contribution in [3.63, 3.8) is 0 Å². The lowest BCUT2D eigenvalue weighted by atomic mass is 10.2. The monoisotopic (exact) mass is 450 g/mol. The summed E-state index contributed by atoms with van der Waals surface area (Å²) in [6.45, 7) is -10.5. The molecule has 0 atom stereocenters. The van der Waals surface area contributed by atoms with Gasteiger partial charge in [0.1, 0.15) is 32.9 Å². The van der Waals surface area contributed by atoms with Crippen LogP contribution in [0.15, 0.2) is 0 Å². The highest BCUT2D eigenvalue weighted by molar-refractivity contribution is 4.79. The number of hydrogen-bond donors (Lipinski definition) is 0. The molecule has 0 aromatic carbocycles. The van der Waals surface area contributed by atoms with Crippen LogP contribution < -0.4 is 0 Å². The molecule has 16 nitrogen and oxygen atoms in total. The average molecular weight is 450 g/mol. The molecule has 29 heavy (non-hydrogen) atoms. The number of halogens is 6. The molecule has 0 saturated heterocycles. The van der Waals surface area contributed by atoms with Crippen molar-refractivity contribution in [2.75, 3.05) is 26.6 Å². The van der Waals surface area contributed by atoms with Gasteiger partial charge in [-0.25, -0.2) is 18.3 Å². The first-order chi connectivity index (χ1) is 13.2. The van der Waals surface area contributed by atoms with Crippen LogP contribution in [-0.2, 0) is 9.47 Å². The Morgan fingerprint density at radius 2 is 0.897 bits per heavy atom. The highest BCUT2D eigenvalue weighted by Gasteiger charge is 2.65. The Balaban J connectivity index is 6.07. The van der Waals surface area contributed by atoms with Crippen molar-refractivity contribution < 1.29 is 55.9 Å². The highest BCUT2D eigenvalue weighted by atomic mass is 19.4. The fourth-order valence-corrected chi connectivity index (χ4v) is 1.37. The zero-order valence-corrected chi connectivity index (χ0v) is 13.4. The number of nitro groups is 4. The predicted octanol–water partition coefficient (Wildman–Crippen LogP) is 0.211. The quantitative estimate of drug-likeness (QED) is 0.115. The molecule has 0 spiro atoms. The maximum atomic E-state index is 13.1. The van der Waals surface area contributed by atoms with Crippen molar-refractivity contribution in [1.29, 1.82) is 0 Å². The molecule has 22 heteroatoms. The normalized spacial score (nSPS) is 13.0. The van der Waals surface area contributed by atoms with Crippen LogP contribution in [0, 0.1) is 40.5 Å². The molecule has 0 rings (SSSR count). The topological polar surface area (TPSA) is 198 Å². The minimum absolute atomic E-state index is 2.11. The molecule has 0 unspecified atom stereocenters. The molecular weight excluding hydrogens is 442 g/mol. The first-order valence-corrected chi connectivity index (χ1v) is 6.41. The summed E-state index contributed by atoms with van der Waals surface area (Å²) in [5, 5.41) is 37.3. The minimum atomic E-state index is -4.54. The third-order valence-electron chi connectivity index (χ3n) is 3.19. The fourth-order valence-electron chi connectivity index (χ4n) is 1.37. The Labute approximate surface area is 152 Å². The maximum absolute atomic E-state index is 13.1. The summed E-state index contributed by atoms with van der Waals surface area (Å²) in [6.07, 6.45) is 0. The van der Waals surface area contributed by atoms with Crippen LogP contribution >= 0.6 is 0 Å². The molecule has 0 heterocycles. The standard InChI is InChI=1S/C7H8F6N6O10/c8-1-6(16(20)21,17(22)23)28-3-5(14(10)11,15(12)13)4-29-7(2-9,18(24)25)19(26)27/h1-4H2. The third kappa shape index (κ3) is 4.72. The van der Waals surface area contributed by atoms with E-state index in [0.29, 0.717) is 0 Å². The van der Waals surface area contributed by atoms with E-state index in [0.717, 1.165) is 0 Å². The first-order valence-electron chi connectivity index (χ1n) is 6.41. The lowest BCUT2D eigenvalue weighted by Gasteiger charge is -2.32. The number of ether oxygens (including phenoxy) is 2. The Bertz CT molecular complexity index is 571. The summed E-state index contributed by atoms with van der Waals surface area (Å²) >= 11 is 0. The van der Waals surface area contributed by atoms with Crippen molar-refractivity contribution >= 4 is 0 Å². The van der Waals surface area contributed by atoms with Gasteiger partial charge in [-0.3, -0.25) is 40.5 Å². The lowest BCUT2D eigenvalue weighted by molar-refractivity contribution is -0.854. The second-order valence-corrected chi connectivity index (χ2v) is 4.81. The molecule has 0 fully saturated rings. The van der Waals surface area contributed by atoms with Gasteiger partial charge in [0, 0.05) is 0 Å². The van der Waals surface area contributed by atoms with Gasteiger partial charge in [-0.05, 0) is 0 Å². The zero-order chi connectivity index (χ0) is 23.2. The van der Waals surface area contributed by atoms with E-state index in [1.165, 1.54) is 0 Å². The van der Waals surface area contributed by atoms with E-state index in [9.17, 15) is 67.2 Å². The molecular formula is C7H8F6N6O10. The van der Waals surface area contributed by atoms with E-state index in [-0.39, 0.29) is 0 Å². The van der Waals surface area contributed by atoms with Gasteiger partial charge >= 0.3 is 11.7 Å². The second kappa shape index (κ2) is 9.48. The molecule has 0 bridgehead atoms. The Morgan fingerprint density at radius 3 is 1.03 bits per heavy atom. The molecule has 0 N–H and O–H groups in total. The van der Waals surface area contributed by atoms with Crippen molar-refractivity contribution in [1.82, 2.24) is 10.7 Å². The summed E-state index contributed by atoms with van der Waals surface area (Å²) in [4.78, 5) is 34.1. The van der Waals surface area contributed by atoms with Gasteiger partial charge in [0.2, 0.25) is 5.66 Å².